The summed E-state index contributed by atoms with van der Waals surface area (Å²) < 4.78 is 12.6. The summed E-state index contributed by atoms with van der Waals surface area (Å²) >= 11 is 3.07. The third-order valence-electron chi connectivity index (χ3n) is 1.44. The molecule has 0 saturated heterocycles. The van der Waals surface area contributed by atoms with Gasteiger partial charge in [0.2, 0.25) is 0 Å². The van der Waals surface area contributed by atoms with Gasteiger partial charge in [-0.1, -0.05) is 22.0 Å². The van der Waals surface area contributed by atoms with E-state index in [2.05, 4.69) is 15.9 Å². The average Bonchev–Trinajstić information content (AvgIpc) is 2.04. The predicted octanol–water partition coefficient (Wildman–Crippen LogP) is 2.62. The number of hydrogen-bond acceptors (Lipinski definition) is 1. The summed E-state index contributed by atoms with van der Waals surface area (Å²) in [5.41, 5.74) is 0.610. The van der Waals surface area contributed by atoms with Gasteiger partial charge in [-0.3, -0.25) is 0 Å². The van der Waals surface area contributed by atoms with E-state index in [0.29, 0.717) is 10.0 Å². The van der Waals surface area contributed by atoms with E-state index in [1.54, 1.807) is 0 Å². The molecule has 0 aromatic heterocycles. The first-order valence-electron chi connectivity index (χ1n) is 3.23. The van der Waals surface area contributed by atoms with Crippen molar-refractivity contribution in [1.82, 2.24) is 0 Å². The Morgan fingerprint density at radius 2 is 2.25 bits per heavy atom. The Balaban J connectivity index is 3.10. The molecule has 0 bridgehead atoms. The Hall–Kier alpha value is -0.900. The van der Waals surface area contributed by atoms with Crippen molar-refractivity contribution < 1.29 is 14.3 Å². The lowest BCUT2D eigenvalue weighted by Gasteiger charge is -1.99. The Morgan fingerprint density at radius 3 is 2.67 bits per heavy atom. The van der Waals surface area contributed by atoms with Gasteiger partial charge in [0.25, 0.3) is 0 Å². The number of carboxylic acid groups (broad SMARTS) is 1. The van der Waals surface area contributed by atoms with Crippen LogP contribution in [0.25, 0.3) is 0 Å². The average molecular weight is 233 g/mol. The van der Waals surface area contributed by atoms with Crippen molar-refractivity contribution in [1.29, 1.82) is 0 Å². The molecule has 0 unspecified atom stereocenters. The van der Waals surface area contributed by atoms with Gasteiger partial charge in [0.1, 0.15) is 6.67 Å². The van der Waals surface area contributed by atoms with Crippen LogP contribution in [0.15, 0.2) is 22.7 Å². The van der Waals surface area contributed by atoms with Gasteiger partial charge in [0.15, 0.2) is 0 Å². The van der Waals surface area contributed by atoms with Crippen LogP contribution in [0.1, 0.15) is 15.9 Å². The second-order valence-electron chi connectivity index (χ2n) is 2.24. The van der Waals surface area contributed by atoms with E-state index in [1.807, 2.05) is 0 Å². The van der Waals surface area contributed by atoms with Crippen molar-refractivity contribution in [2.75, 3.05) is 0 Å². The summed E-state index contributed by atoms with van der Waals surface area (Å²) in [7, 11) is 0. The van der Waals surface area contributed by atoms with E-state index in [1.165, 1.54) is 18.2 Å². The Kier molecular flexibility index (Phi) is 2.81. The maximum absolute atomic E-state index is 12.1. The van der Waals surface area contributed by atoms with E-state index in [-0.39, 0.29) is 5.56 Å². The molecule has 0 heterocycles. The molecule has 0 aliphatic heterocycles. The van der Waals surface area contributed by atoms with Crippen LogP contribution in [0.4, 0.5) is 4.39 Å². The van der Waals surface area contributed by atoms with Crippen LogP contribution < -0.4 is 0 Å². The van der Waals surface area contributed by atoms with Crippen molar-refractivity contribution in [3.8, 4) is 0 Å². The minimum atomic E-state index is -1.01. The van der Waals surface area contributed by atoms with Crippen molar-refractivity contribution >= 4 is 21.9 Å². The molecule has 4 heteroatoms. The van der Waals surface area contributed by atoms with Crippen molar-refractivity contribution in [2.24, 2.45) is 0 Å². The van der Waals surface area contributed by atoms with Crippen LogP contribution in [0.5, 0.6) is 0 Å². The monoisotopic (exact) mass is 232 g/mol. The fraction of sp³-hybridized carbons (Fsp3) is 0.125. The zero-order valence-corrected chi connectivity index (χ0v) is 7.64. The van der Waals surface area contributed by atoms with Crippen LogP contribution in [0.2, 0.25) is 0 Å². The van der Waals surface area contributed by atoms with E-state index in [4.69, 9.17) is 5.11 Å². The summed E-state index contributed by atoms with van der Waals surface area (Å²) in [4.78, 5) is 10.4. The number of aromatic carboxylic acids is 1. The zero-order valence-electron chi connectivity index (χ0n) is 6.05. The Bertz CT molecular complexity index is 312. The summed E-state index contributed by atoms with van der Waals surface area (Å²) in [6.07, 6.45) is 0. The molecule has 1 aromatic rings. The molecule has 64 valence electrons. The van der Waals surface area contributed by atoms with Crippen LogP contribution >= 0.6 is 15.9 Å². The fourth-order valence-corrected chi connectivity index (χ4v) is 1.27. The third kappa shape index (κ3) is 1.82. The highest BCUT2D eigenvalue weighted by Crippen LogP contribution is 2.19. The maximum atomic E-state index is 12.1. The van der Waals surface area contributed by atoms with Crippen LogP contribution in [-0.2, 0) is 6.67 Å². The van der Waals surface area contributed by atoms with Crippen LogP contribution in [0, 0.1) is 0 Å². The quantitative estimate of drug-likeness (QED) is 0.852. The number of rotatable bonds is 2. The van der Waals surface area contributed by atoms with Gasteiger partial charge in [0.05, 0.1) is 5.56 Å². The molecule has 0 spiro atoms. The van der Waals surface area contributed by atoms with E-state index in [9.17, 15) is 9.18 Å². The Morgan fingerprint density at radius 1 is 1.58 bits per heavy atom. The van der Waals surface area contributed by atoms with Gasteiger partial charge in [0, 0.05) is 4.47 Å². The molecule has 2 nitrogen and oxygen atoms in total. The van der Waals surface area contributed by atoms with Gasteiger partial charge in [-0.2, -0.15) is 0 Å². The molecule has 0 aliphatic carbocycles. The smallest absolute Gasteiger partial charge is 0.335 e. The van der Waals surface area contributed by atoms with Gasteiger partial charge in [-0.15, -0.1) is 0 Å². The highest BCUT2D eigenvalue weighted by atomic mass is 79.9. The number of carbonyl (C=O) groups is 1. The second-order valence-corrected chi connectivity index (χ2v) is 3.10. The summed E-state index contributed by atoms with van der Waals surface area (Å²) in [6, 6.07) is 4.22. The highest BCUT2D eigenvalue weighted by Gasteiger charge is 2.05. The van der Waals surface area contributed by atoms with E-state index in [0.717, 1.165) is 0 Å². The predicted molar refractivity (Wildman–Crippen MR) is 45.9 cm³/mol. The minimum Gasteiger partial charge on any atom is -0.478 e. The first-order valence-corrected chi connectivity index (χ1v) is 4.02. The molecule has 0 fully saturated rings. The van der Waals surface area contributed by atoms with Gasteiger partial charge in [-0.25, -0.2) is 9.18 Å². The van der Waals surface area contributed by atoms with E-state index < -0.39 is 12.6 Å². The lowest BCUT2D eigenvalue weighted by molar-refractivity contribution is 0.0697. The number of benzene rings is 1. The molecule has 0 amide bonds. The number of hydrogen-bond donors (Lipinski definition) is 1. The molecule has 0 saturated carbocycles. The maximum Gasteiger partial charge on any atom is 0.335 e. The summed E-state index contributed by atoms with van der Waals surface area (Å²) in [5.74, 6) is -1.01. The summed E-state index contributed by atoms with van der Waals surface area (Å²) in [5, 5.41) is 8.56. The zero-order chi connectivity index (χ0) is 9.14. The molecule has 1 N–H and O–H groups in total. The lowest BCUT2D eigenvalue weighted by atomic mass is 10.1. The first kappa shape index (κ1) is 9.19. The molecule has 0 aliphatic rings. The number of alkyl halides is 1. The third-order valence-corrected chi connectivity index (χ3v) is 2.18. The van der Waals surface area contributed by atoms with Crippen LogP contribution in [-0.4, -0.2) is 11.1 Å². The molecular weight excluding hydrogens is 227 g/mol. The molecule has 12 heavy (non-hydrogen) atoms. The number of carboxylic acids is 1. The van der Waals surface area contributed by atoms with Gasteiger partial charge >= 0.3 is 5.97 Å². The van der Waals surface area contributed by atoms with Gasteiger partial charge in [-0.05, 0) is 17.7 Å². The minimum absolute atomic E-state index is 0.152. The molecular formula is C8H6BrFO2. The molecule has 1 rings (SSSR count). The Labute approximate surface area is 77.2 Å². The highest BCUT2D eigenvalue weighted by molar-refractivity contribution is 9.10. The molecule has 0 radical (unpaired) electrons. The van der Waals surface area contributed by atoms with Crippen molar-refractivity contribution in [3.05, 3.63) is 33.8 Å². The molecule has 1 aromatic carbocycles. The largest absolute Gasteiger partial charge is 0.478 e. The van der Waals surface area contributed by atoms with E-state index >= 15 is 0 Å². The van der Waals surface area contributed by atoms with Gasteiger partial charge < -0.3 is 5.11 Å². The number of halogens is 2. The SMILES string of the molecule is O=C(O)c1ccc(CF)c(Br)c1. The standard InChI is InChI=1S/C8H6BrFO2/c9-7-3-5(8(11)12)1-2-6(7)4-10/h1-3H,4H2,(H,11,12). The normalized spacial score (nSPS) is 9.83. The van der Waals surface area contributed by atoms with Crippen molar-refractivity contribution in [2.45, 2.75) is 6.67 Å². The van der Waals surface area contributed by atoms with Crippen molar-refractivity contribution in [3.63, 3.8) is 0 Å². The second kappa shape index (κ2) is 3.67. The van der Waals surface area contributed by atoms with Crippen LogP contribution in [0.3, 0.4) is 0 Å². The lowest BCUT2D eigenvalue weighted by Crippen LogP contribution is -1.96. The topological polar surface area (TPSA) is 37.3 Å². The summed E-state index contributed by atoms with van der Waals surface area (Å²) in [6.45, 7) is -0.597. The first-order chi connectivity index (χ1) is 5.65. The molecule has 0 atom stereocenters. The fourth-order valence-electron chi connectivity index (χ4n) is 0.789.